The van der Waals surface area contributed by atoms with Crippen LogP contribution in [-0.4, -0.2) is 17.2 Å². The first-order chi connectivity index (χ1) is 7.74. The lowest BCUT2D eigenvalue weighted by Gasteiger charge is -2.05. The number of hydrogen-bond donors (Lipinski definition) is 1. The molecule has 0 atom stereocenters. The van der Waals surface area contributed by atoms with Crippen LogP contribution in [0, 0.1) is 6.92 Å². The van der Waals surface area contributed by atoms with Gasteiger partial charge in [-0.25, -0.2) is 4.98 Å². The lowest BCUT2D eigenvalue weighted by molar-refractivity contribution is 0.285. The smallest absolute Gasteiger partial charge is 0.123 e. The molecule has 3 nitrogen and oxygen atoms in total. The second-order valence-corrected chi connectivity index (χ2v) is 4.59. The van der Waals surface area contributed by atoms with Crippen molar-refractivity contribution in [2.24, 2.45) is 0 Å². The average molecular weight is 235 g/mol. The van der Waals surface area contributed by atoms with Crippen LogP contribution in [0.4, 0.5) is 0 Å². The Hall–Kier alpha value is -1.39. The molecule has 1 aromatic heterocycles. The maximum atomic E-state index is 8.99. The second kappa shape index (κ2) is 4.63. The largest absolute Gasteiger partial charge is 0.496 e. The molecule has 0 bridgehead atoms. The van der Waals surface area contributed by atoms with E-state index in [0.717, 1.165) is 26.8 Å². The lowest BCUT2D eigenvalue weighted by atomic mass is 10.1. The molecule has 1 N–H and O–H groups in total. The van der Waals surface area contributed by atoms with Gasteiger partial charge in [0.15, 0.2) is 0 Å². The fraction of sp³-hybridized carbons (Fsp3) is 0.250. The molecule has 0 saturated heterocycles. The van der Waals surface area contributed by atoms with Gasteiger partial charge >= 0.3 is 0 Å². The van der Waals surface area contributed by atoms with Crippen LogP contribution < -0.4 is 4.74 Å². The van der Waals surface area contributed by atoms with Gasteiger partial charge in [-0.2, -0.15) is 0 Å². The Balaban J connectivity index is 2.37. The third-order valence-corrected chi connectivity index (χ3v) is 3.38. The van der Waals surface area contributed by atoms with Crippen molar-refractivity contribution in [3.05, 3.63) is 34.8 Å². The maximum Gasteiger partial charge on any atom is 0.123 e. The minimum Gasteiger partial charge on any atom is -0.496 e. The Morgan fingerprint density at radius 1 is 1.44 bits per heavy atom. The fourth-order valence-corrected chi connectivity index (χ4v) is 2.29. The van der Waals surface area contributed by atoms with Crippen LogP contribution >= 0.6 is 11.3 Å². The summed E-state index contributed by atoms with van der Waals surface area (Å²) in [6, 6.07) is 5.95. The molecule has 0 aliphatic carbocycles. The van der Waals surface area contributed by atoms with Crippen LogP contribution in [0.2, 0.25) is 0 Å². The van der Waals surface area contributed by atoms with E-state index in [1.54, 1.807) is 13.3 Å². The van der Waals surface area contributed by atoms with E-state index in [1.807, 2.05) is 25.1 Å². The molecule has 0 radical (unpaired) electrons. The van der Waals surface area contributed by atoms with Crippen molar-refractivity contribution in [2.75, 3.05) is 7.11 Å². The van der Waals surface area contributed by atoms with Crippen LogP contribution in [0.25, 0.3) is 10.6 Å². The van der Waals surface area contributed by atoms with Crippen molar-refractivity contribution < 1.29 is 9.84 Å². The van der Waals surface area contributed by atoms with Gasteiger partial charge in [0.2, 0.25) is 0 Å². The Morgan fingerprint density at radius 3 is 2.81 bits per heavy atom. The summed E-state index contributed by atoms with van der Waals surface area (Å²) in [6.07, 6.45) is 1.71. The molecular formula is C12H13NO2S. The molecule has 0 fully saturated rings. The van der Waals surface area contributed by atoms with Gasteiger partial charge in [0.1, 0.15) is 10.8 Å². The highest BCUT2D eigenvalue weighted by atomic mass is 32.1. The molecule has 0 saturated carbocycles. The van der Waals surface area contributed by atoms with Crippen LogP contribution in [0.1, 0.15) is 10.4 Å². The number of methoxy groups -OCH3 is 1. The number of hydrogen-bond acceptors (Lipinski definition) is 4. The summed E-state index contributed by atoms with van der Waals surface area (Å²) in [5.41, 5.74) is 2.14. The zero-order chi connectivity index (χ0) is 11.5. The highest BCUT2D eigenvalue weighted by Crippen LogP contribution is 2.29. The lowest BCUT2D eigenvalue weighted by Crippen LogP contribution is -1.87. The number of rotatable bonds is 3. The molecule has 16 heavy (non-hydrogen) atoms. The molecule has 1 heterocycles. The SMILES string of the molecule is COc1ccc(-c2ncc(CO)s2)cc1C. The summed E-state index contributed by atoms with van der Waals surface area (Å²) in [5, 5.41) is 9.91. The standard InChI is InChI=1S/C12H13NO2S/c1-8-5-9(3-4-11(8)15-2)12-13-6-10(7-14)16-12/h3-6,14H,7H2,1-2H3. The third-order valence-electron chi connectivity index (χ3n) is 2.35. The van der Waals surface area contributed by atoms with Crippen LogP contribution in [0.15, 0.2) is 24.4 Å². The van der Waals surface area contributed by atoms with Gasteiger partial charge in [0.25, 0.3) is 0 Å². The molecule has 0 unspecified atom stereocenters. The Morgan fingerprint density at radius 2 is 2.25 bits per heavy atom. The van der Waals surface area contributed by atoms with Crippen LogP contribution in [-0.2, 0) is 6.61 Å². The first-order valence-corrected chi connectivity index (χ1v) is 5.77. The highest BCUT2D eigenvalue weighted by molar-refractivity contribution is 7.15. The molecule has 1 aromatic carbocycles. The number of aliphatic hydroxyl groups is 1. The molecule has 2 aromatic rings. The molecule has 0 spiro atoms. The number of nitrogens with zero attached hydrogens (tertiary/aromatic N) is 1. The summed E-state index contributed by atoms with van der Waals surface area (Å²) in [5.74, 6) is 0.877. The Labute approximate surface area is 98.4 Å². The van der Waals surface area contributed by atoms with Crippen LogP contribution in [0.5, 0.6) is 5.75 Å². The van der Waals surface area contributed by atoms with E-state index in [0.29, 0.717) is 0 Å². The van der Waals surface area contributed by atoms with Gasteiger partial charge in [0.05, 0.1) is 18.6 Å². The molecule has 2 rings (SSSR count). The van der Waals surface area contributed by atoms with Gasteiger partial charge in [-0.15, -0.1) is 11.3 Å². The number of aryl methyl sites for hydroxylation is 1. The first kappa shape index (κ1) is 11.1. The van der Waals surface area contributed by atoms with Gasteiger partial charge in [-0.05, 0) is 30.7 Å². The molecule has 0 amide bonds. The number of aliphatic hydroxyl groups excluding tert-OH is 1. The van der Waals surface area contributed by atoms with Crippen molar-refractivity contribution in [3.63, 3.8) is 0 Å². The first-order valence-electron chi connectivity index (χ1n) is 4.95. The predicted molar refractivity (Wildman–Crippen MR) is 64.8 cm³/mol. The molecule has 0 aliphatic heterocycles. The molecule has 0 aliphatic rings. The van der Waals surface area contributed by atoms with Crippen molar-refractivity contribution in [2.45, 2.75) is 13.5 Å². The van der Waals surface area contributed by atoms with E-state index in [9.17, 15) is 0 Å². The van der Waals surface area contributed by atoms with Crippen LogP contribution in [0.3, 0.4) is 0 Å². The van der Waals surface area contributed by atoms with Crippen molar-refractivity contribution in [1.82, 2.24) is 4.98 Å². The van der Waals surface area contributed by atoms with E-state index in [4.69, 9.17) is 9.84 Å². The van der Waals surface area contributed by atoms with E-state index in [-0.39, 0.29) is 6.61 Å². The normalized spacial score (nSPS) is 10.4. The summed E-state index contributed by atoms with van der Waals surface area (Å²) in [6.45, 7) is 2.05. The highest BCUT2D eigenvalue weighted by Gasteiger charge is 2.06. The number of benzene rings is 1. The van der Waals surface area contributed by atoms with Crippen molar-refractivity contribution in [1.29, 1.82) is 0 Å². The quantitative estimate of drug-likeness (QED) is 0.889. The monoisotopic (exact) mass is 235 g/mol. The van der Waals surface area contributed by atoms with Crippen molar-refractivity contribution >= 4 is 11.3 Å². The van der Waals surface area contributed by atoms with E-state index in [1.165, 1.54) is 11.3 Å². The second-order valence-electron chi connectivity index (χ2n) is 3.47. The zero-order valence-corrected chi connectivity index (χ0v) is 10.0. The van der Waals surface area contributed by atoms with E-state index in [2.05, 4.69) is 4.98 Å². The zero-order valence-electron chi connectivity index (χ0n) is 9.23. The topological polar surface area (TPSA) is 42.4 Å². The van der Waals surface area contributed by atoms with Crippen molar-refractivity contribution in [3.8, 4) is 16.3 Å². The Kier molecular flexibility index (Phi) is 3.22. The molecule has 84 valence electrons. The predicted octanol–water partition coefficient (Wildman–Crippen LogP) is 2.62. The fourth-order valence-electron chi connectivity index (χ4n) is 1.53. The number of ether oxygens (including phenoxy) is 1. The summed E-state index contributed by atoms with van der Waals surface area (Å²) >= 11 is 1.51. The van der Waals surface area contributed by atoms with Gasteiger partial charge in [0, 0.05) is 11.8 Å². The minimum absolute atomic E-state index is 0.0484. The average Bonchev–Trinajstić information content (AvgIpc) is 2.77. The van der Waals surface area contributed by atoms with Gasteiger partial charge in [-0.1, -0.05) is 0 Å². The molecule has 4 heteroatoms. The minimum atomic E-state index is 0.0484. The van der Waals surface area contributed by atoms with Gasteiger partial charge in [-0.3, -0.25) is 0 Å². The summed E-state index contributed by atoms with van der Waals surface area (Å²) in [4.78, 5) is 5.15. The summed E-state index contributed by atoms with van der Waals surface area (Å²) < 4.78 is 5.21. The third kappa shape index (κ3) is 2.08. The number of thiazole rings is 1. The molecular weight excluding hydrogens is 222 g/mol. The van der Waals surface area contributed by atoms with Gasteiger partial charge < -0.3 is 9.84 Å². The van der Waals surface area contributed by atoms with E-state index >= 15 is 0 Å². The Bertz CT molecular complexity index is 494. The summed E-state index contributed by atoms with van der Waals surface area (Å²) in [7, 11) is 1.66. The maximum absolute atomic E-state index is 8.99. The van der Waals surface area contributed by atoms with E-state index < -0.39 is 0 Å². The number of aromatic nitrogens is 1.